The van der Waals surface area contributed by atoms with Crippen LogP contribution in [0.3, 0.4) is 0 Å². The van der Waals surface area contributed by atoms with Gasteiger partial charge in [0.25, 0.3) is 0 Å². The summed E-state index contributed by atoms with van der Waals surface area (Å²) < 4.78 is 5.50. The molecule has 1 aromatic carbocycles. The van der Waals surface area contributed by atoms with E-state index in [1.54, 1.807) is 23.5 Å². The first-order valence-electron chi connectivity index (χ1n) is 5.14. The van der Waals surface area contributed by atoms with Gasteiger partial charge in [0.05, 0.1) is 5.56 Å². The van der Waals surface area contributed by atoms with Crippen LogP contribution >= 0.6 is 11.3 Å². The second-order valence-corrected chi connectivity index (χ2v) is 4.44. The fourth-order valence-corrected chi connectivity index (χ4v) is 2.09. The molecule has 0 saturated carbocycles. The molecule has 2 aromatic rings. The van der Waals surface area contributed by atoms with Gasteiger partial charge >= 0.3 is 0 Å². The molecule has 0 aliphatic carbocycles. The molecule has 0 radical (unpaired) electrons. The highest BCUT2D eigenvalue weighted by atomic mass is 32.1. The van der Waals surface area contributed by atoms with Gasteiger partial charge in [0.1, 0.15) is 18.1 Å². The minimum absolute atomic E-state index is 0.0414. The zero-order valence-corrected chi connectivity index (χ0v) is 10.2. The molecule has 1 aromatic heterocycles. The molecule has 2 rings (SSSR count). The van der Waals surface area contributed by atoms with Crippen molar-refractivity contribution >= 4 is 17.1 Å². The van der Waals surface area contributed by atoms with Crippen LogP contribution in [0.1, 0.15) is 22.8 Å². The van der Waals surface area contributed by atoms with Crippen molar-refractivity contribution in [2.24, 2.45) is 0 Å². The highest BCUT2D eigenvalue weighted by molar-refractivity contribution is 7.07. The highest BCUT2D eigenvalue weighted by Crippen LogP contribution is 2.24. The van der Waals surface area contributed by atoms with Gasteiger partial charge in [0.2, 0.25) is 0 Å². The zero-order valence-electron chi connectivity index (χ0n) is 9.34. The van der Waals surface area contributed by atoms with Gasteiger partial charge in [-0.05, 0) is 41.4 Å². The molecular weight excluding hydrogens is 236 g/mol. The lowest BCUT2D eigenvalue weighted by Gasteiger charge is -2.07. The Morgan fingerprint density at radius 2 is 2.24 bits per heavy atom. The summed E-state index contributed by atoms with van der Waals surface area (Å²) in [6.45, 7) is 1.88. The zero-order chi connectivity index (χ0) is 12.3. The summed E-state index contributed by atoms with van der Waals surface area (Å²) >= 11 is 1.61. The van der Waals surface area contributed by atoms with E-state index in [2.05, 4.69) is 0 Å². The van der Waals surface area contributed by atoms with Gasteiger partial charge in [-0.25, -0.2) is 0 Å². The quantitative estimate of drug-likeness (QED) is 0.845. The lowest BCUT2D eigenvalue weighted by atomic mass is 10.1. The number of carbonyl (C=O) groups excluding carboxylic acids is 1. The predicted molar refractivity (Wildman–Crippen MR) is 66.8 cm³/mol. The molecule has 0 atom stereocenters. The summed E-state index contributed by atoms with van der Waals surface area (Å²) in [5, 5.41) is 13.6. The largest absolute Gasteiger partial charge is 0.507 e. The molecular formula is C13H12O3S. The summed E-state index contributed by atoms with van der Waals surface area (Å²) in [5.74, 6) is 0.353. The van der Waals surface area contributed by atoms with Crippen molar-refractivity contribution in [3.63, 3.8) is 0 Å². The van der Waals surface area contributed by atoms with E-state index in [0.717, 1.165) is 5.56 Å². The van der Waals surface area contributed by atoms with Gasteiger partial charge in [-0.2, -0.15) is 11.3 Å². The van der Waals surface area contributed by atoms with Crippen molar-refractivity contribution in [3.8, 4) is 11.5 Å². The fraction of sp³-hybridized carbons (Fsp3) is 0.154. The molecule has 1 N–H and O–H groups in total. The molecule has 88 valence electrons. The third-order valence-corrected chi connectivity index (χ3v) is 3.07. The summed E-state index contributed by atoms with van der Waals surface area (Å²) in [6, 6.07) is 6.70. The van der Waals surface area contributed by atoms with Crippen LogP contribution in [0.5, 0.6) is 11.5 Å². The Hall–Kier alpha value is -1.81. The van der Waals surface area contributed by atoms with E-state index in [9.17, 15) is 9.90 Å². The Balaban J connectivity index is 2.07. The lowest BCUT2D eigenvalue weighted by molar-refractivity contribution is 0.101. The SMILES string of the molecule is CC(=O)c1ccc(OCc2ccsc2)cc1O. The first kappa shape index (κ1) is 11.7. The van der Waals surface area contributed by atoms with Gasteiger partial charge in [-0.3, -0.25) is 4.79 Å². The topological polar surface area (TPSA) is 46.5 Å². The smallest absolute Gasteiger partial charge is 0.163 e. The van der Waals surface area contributed by atoms with Crippen LogP contribution < -0.4 is 4.74 Å². The first-order valence-corrected chi connectivity index (χ1v) is 6.09. The number of rotatable bonds is 4. The van der Waals surface area contributed by atoms with Crippen LogP contribution in [0.2, 0.25) is 0 Å². The van der Waals surface area contributed by atoms with Crippen LogP contribution in [-0.4, -0.2) is 10.9 Å². The van der Waals surface area contributed by atoms with Gasteiger partial charge in [-0.1, -0.05) is 0 Å². The fourth-order valence-electron chi connectivity index (χ4n) is 1.44. The summed E-state index contributed by atoms with van der Waals surface area (Å²) in [4.78, 5) is 11.1. The van der Waals surface area contributed by atoms with E-state index in [0.29, 0.717) is 17.9 Å². The van der Waals surface area contributed by atoms with Crippen LogP contribution in [0.15, 0.2) is 35.0 Å². The number of aromatic hydroxyl groups is 1. The molecule has 3 nitrogen and oxygen atoms in total. The maximum absolute atomic E-state index is 11.1. The number of ether oxygens (including phenoxy) is 1. The third kappa shape index (κ3) is 2.85. The van der Waals surface area contributed by atoms with E-state index in [4.69, 9.17) is 4.74 Å². The Morgan fingerprint density at radius 1 is 1.41 bits per heavy atom. The second-order valence-electron chi connectivity index (χ2n) is 3.66. The number of carbonyl (C=O) groups is 1. The number of hydrogen-bond acceptors (Lipinski definition) is 4. The van der Waals surface area contributed by atoms with Crippen molar-refractivity contribution in [1.82, 2.24) is 0 Å². The molecule has 0 fully saturated rings. The molecule has 1 heterocycles. The van der Waals surface area contributed by atoms with Crippen LogP contribution in [0, 0.1) is 0 Å². The maximum atomic E-state index is 11.1. The average Bonchev–Trinajstić information content (AvgIpc) is 2.78. The number of benzene rings is 1. The van der Waals surface area contributed by atoms with E-state index in [-0.39, 0.29) is 11.5 Å². The van der Waals surface area contributed by atoms with E-state index in [1.807, 2.05) is 16.8 Å². The number of ketones is 1. The molecule has 0 amide bonds. The minimum Gasteiger partial charge on any atom is -0.507 e. The molecule has 0 unspecified atom stereocenters. The Bertz CT molecular complexity index is 517. The molecule has 0 aliphatic heterocycles. The molecule has 0 spiro atoms. The number of thiophene rings is 1. The Labute approximate surface area is 103 Å². The predicted octanol–water partition coefficient (Wildman–Crippen LogP) is 3.24. The van der Waals surface area contributed by atoms with E-state index >= 15 is 0 Å². The van der Waals surface area contributed by atoms with E-state index < -0.39 is 0 Å². The Morgan fingerprint density at radius 3 is 2.82 bits per heavy atom. The van der Waals surface area contributed by atoms with Crippen LogP contribution in [-0.2, 0) is 6.61 Å². The van der Waals surface area contributed by atoms with Crippen molar-refractivity contribution in [3.05, 3.63) is 46.2 Å². The van der Waals surface area contributed by atoms with Gasteiger partial charge < -0.3 is 9.84 Å². The summed E-state index contributed by atoms with van der Waals surface area (Å²) in [6.07, 6.45) is 0. The normalized spacial score (nSPS) is 10.2. The molecule has 0 saturated heterocycles. The Kier molecular flexibility index (Phi) is 3.44. The third-order valence-electron chi connectivity index (χ3n) is 2.33. The minimum atomic E-state index is -0.160. The number of phenols is 1. The maximum Gasteiger partial charge on any atom is 0.163 e. The second kappa shape index (κ2) is 5.01. The summed E-state index contributed by atoms with van der Waals surface area (Å²) in [5.41, 5.74) is 1.40. The highest BCUT2D eigenvalue weighted by Gasteiger charge is 2.07. The number of phenolic OH excluding ortho intramolecular Hbond substituents is 1. The average molecular weight is 248 g/mol. The number of hydrogen-bond donors (Lipinski definition) is 1. The van der Waals surface area contributed by atoms with Crippen molar-refractivity contribution in [1.29, 1.82) is 0 Å². The standard InChI is InChI=1S/C13H12O3S/c1-9(14)12-3-2-11(6-13(12)15)16-7-10-4-5-17-8-10/h2-6,8,15H,7H2,1H3. The lowest BCUT2D eigenvalue weighted by Crippen LogP contribution is -1.96. The monoisotopic (exact) mass is 248 g/mol. The van der Waals surface area contributed by atoms with Crippen LogP contribution in [0.4, 0.5) is 0 Å². The van der Waals surface area contributed by atoms with Gasteiger partial charge in [0, 0.05) is 6.07 Å². The summed E-state index contributed by atoms with van der Waals surface area (Å²) in [7, 11) is 0. The first-order chi connectivity index (χ1) is 8.16. The van der Waals surface area contributed by atoms with Crippen LogP contribution in [0.25, 0.3) is 0 Å². The van der Waals surface area contributed by atoms with Crippen molar-refractivity contribution in [2.75, 3.05) is 0 Å². The number of Topliss-reactive ketones (excluding diaryl/α,β-unsaturated/α-hetero) is 1. The molecule has 0 bridgehead atoms. The van der Waals surface area contributed by atoms with Crippen molar-refractivity contribution in [2.45, 2.75) is 13.5 Å². The molecule has 17 heavy (non-hydrogen) atoms. The molecule has 0 aliphatic rings. The molecule has 4 heteroatoms. The van der Waals surface area contributed by atoms with E-state index in [1.165, 1.54) is 13.0 Å². The van der Waals surface area contributed by atoms with Gasteiger partial charge in [0.15, 0.2) is 5.78 Å². The van der Waals surface area contributed by atoms with Crippen molar-refractivity contribution < 1.29 is 14.6 Å². The van der Waals surface area contributed by atoms with Gasteiger partial charge in [-0.15, -0.1) is 0 Å².